The molecule has 2 N–H and O–H groups in total. The topological polar surface area (TPSA) is 54.9 Å². The van der Waals surface area contributed by atoms with E-state index in [0.29, 0.717) is 5.92 Å². The molecule has 27 heavy (non-hydrogen) atoms. The van der Waals surface area contributed by atoms with Gasteiger partial charge in [-0.3, -0.25) is 4.99 Å². The minimum absolute atomic E-state index is 0. The van der Waals surface area contributed by atoms with Crippen LogP contribution in [-0.2, 0) is 14.9 Å². The lowest BCUT2D eigenvalue weighted by molar-refractivity contribution is 0.0203. The van der Waals surface area contributed by atoms with Crippen molar-refractivity contribution in [3.8, 4) is 0 Å². The Hall–Kier alpha value is -0.860. The predicted molar refractivity (Wildman–Crippen MR) is 123 cm³/mol. The van der Waals surface area contributed by atoms with Gasteiger partial charge in [-0.2, -0.15) is 0 Å². The quantitative estimate of drug-likeness (QED) is 0.241. The molecule has 0 radical (unpaired) electrons. The van der Waals surface area contributed by atoms with Gasteiger partial charge in [0.2, 0.25) is 0 Å². The zero-order chi connectivity index (χ0) is 18.7. The highest BCUT2D eigenvalue weighted by Gasteiger charge is 2.20. The molecule has 0 atom stereocenters. The third-order valence-electron chi connectivity index (χ3n) is 4.93. The van der Waals surface area contributed by atoms with Crippen LogP contribution in [0.4, 0.5) is 0 Å². The van der Waals surface area contributed by atoms with E-state index in [2.05, 4.69) is 59.8 Å². The molecule has 5 nitrogen and oxygen atoms in total. The molecule has 2 rings (SSSR count). The second-order valence-electron chi connectivity index (χ2n) is 7.59. The number of aliphatic imine (C=N–C) groups is 1. The van der Waals surface area contributed by atoms with E-state index in [1.54, 1.807) is 0 Å². The van der Waals surface area contributed by atoms with Crippen LogP contribution in [0.2, 0.25) is 0 Å². The maximum atomic E-state index is 5.80. The van der Waals surface area contributed by atoms with E-state index in [9.17, 15) is 0 Å². The van der Waals surface area contributed by atoms with Gasteiger partial charge in [0.05, 0.1) is 0 Å². The van der Waals surface area contributed by atoms with Gasteiger partial charge in [0.15, 0.2) is 5.96 Å². The standard InChI is InChI=1S/C21H35N3O2.HI/c1-21(2,19-8-5-4-6-9-19)17-24-20(22-3)23-12-7-13-26-16-18-10-14-25-15-11-18;/h4-6,8-9,18H,7,10-17H2,1-3H3,(H2,22,23,24);1H. The molecule has 0 unspecified atom stereocenters. The first kappa shape index (κ1) is 24.2. The number of guanidine groups is 1. The third-order valence-corrected chi connectivity index (χ3v) is 4.93. The summed E-state index contributed by atoms with van der Waals surface area (Å²) in [6.45, 7) is 9.60. The molecule has 0 saturated carbocycles. The number of halogens is 1. The number of nitrogens with one attached hydrogen (secondary N) is 2. The molecule has 0 spiro atoms. The van der Waals surface area contributed by atoms with E-state index in [0.717, 1.165) is 64.7 Å². The van der Waals surface area contributed by atoms with Crippen molar-refractivity contribution in [2.75, 3.05) is 46.6 Å². The van der Waals surface area contributed by atoms with Crippen molar-refractivity contribution in [1.29, 1.82) is 0 Å². The maximum Gasteiger partial charge on any atom is 0.191 e. The summed E-state index contributed by atoms with van der Waals surface area (Å²) in [5.74, 6) is 1.52. The minimum atomic E-state index is 0. The van der Waals surface area contributed by atoms with Gasteiger partial charge in [-0.05, 0) is 30.7 Å². The molecule has 0 bridgehead atoms. The first-order valence-electron chi connectivity index (χ1n) is 9.77. The number of rotatable bonds is 9. The van der Waals surface area contributed by atoms with Crippen LogP contribution in [0.15, 0.2) is 35.3 Å². The Morgan fingerprint density at radius 2 is 1.89 bits per heavy atom. The Morgan fingerprint density at radius 3 is 2.56 bits per heavy atom. The number of hydrogen-bond donors (Lipinski definition) is 2. The fourth-order valence-corrected chi connectivity index (χ4v) is 3.06. The molecule has 1 saturated heterocycles. The third kappa shape index (κ3) is 9.25. The summed E-state index contributed by atoms with van der Waals surface area (Å²) in [4.78, 5) is 4.32. The molecule has 0 aromatic heterocycles. The largest absolute Gasteiger partial charge is 0.381 e. The highest BCUT2D eigenvalue weighted by molar-refractivity contribution is 14.0. The monoisotopic (exact) mass is 489 g/mol. The van der Waals surface area contributed by atoms with Crippen LogP contribution in [-0.4, -0.2) is 52.5 Å². The second-order valence-corrected chi connectivity index (χ2v) is 7.59. The maximum absolute atomic E-state index is 5.80. The van der Waals surface area contributed by atoms with Crippen LogP contribution in [0.5, 0.6) is 0 Å². The highest BCUT2D eigenvalue weighted by atomic mass is 127. The molecule has 1 aromatic carbocycles. The number of ether oxygens (including phenoxy) is 2. The van der Waals surface area contributed by atoms with Crippen LogP contribution in [0.25, 0.3) is 0 Å². The predicted octanol–water partition coefficient (Wildman–Crippen LogP) is 3.58. The molecule has 1 aromatic rings. The Labute approximate surface area is 181 Å². The summed E-state index contributed by atoms with van der Waals surface area (Å²) >= 11 is 0. The lowest BCUT2D eigenvalue weighted by Crippen LogP contribution is -2.43. The lowest BCUT2D eigenvalue weighted by Gasteiger charge is -2.26. The zero-order valence-electron chi connectivity index (χ0n) is 17.0. The second kappa shape index (κ2) is 13.3. The van der Waals surface area contributed by atoms with Crippen molar-refractivity contribution in [2.24, 2.45) is 10.9 Å². The molecule has 1 fully saturated rings. The van der Waals surface area contributed by atoms with E-state index >= 15 is 0 Å². The summed E-state index contributed by atoms with van der Waals surface area (Å²) in [5, 5.41) is 6.81. The average molecular weight is 489 g/mol. The number of nitrogens with zero attached hydrogens (tertiary/aromatic N) is 1. The van der Waals surface area contributed by atoms with Crippen molar-refractivity contribution in [2.45, 2.75) is 38.5 Å². The SMILES string of the molecule is CN=C(NCCCOCC1CCOCC1)NCC(C)(C)c1ccccc1.I. The van der Waals surface area contributed by atoms with Gasteiger partial charge in [-0.1, -0.05) is 44.2 Å². The molecular weight excluding hydrogens is 453 g/mol. The zero-order valence-corrected chi connectivity index (χ0v) is 19.3. The highest BCUT2D eigenvalue weighted by Crippen LogP contribution is 2.21. The van der Waals surface area contributed by atoms with Crippen LogP contribution in [0.1, 0.15) is 38.7 Å². The molecule has 0 aliphatic carbocycles. The fourth-order valence-electron chi connectivity index (χ4n) is 3.06. The van der Waals surface area contributed by atoms with Crippen LogP contribution >= 0.6 is 24.0 Å². The van der Waals surface area contributed by atoms with Gasteiger partial charge in [0.25, 0.3) is 0 Å². The summed E-state index contributed by atoms with van der Waals surface area (Å²) in [7, 11) is 1.81. The lowest BCUT2D eigenvalue weighted by atomic mass is 9.85. The van der Waals surface area contributed by atoms with E-state index in [4.69, 9.17) is 9.47 Å². The summed E-state index contributed by atoms with van der Waals surface area (Å²) in [6.07, 6.45) is 3.24. The van der Waals surface area contributed by atoms with E-state index in [1.807, 2.05) is 7.05 Å². The van der Waals surface area contributed by atoms with Crippen LogP contribution in [0, 0.1) is 5.92 Å². The molecule has 154 valence electrons. The van der Waals surface area contributed by atoms with Crippen molar-refractivity contribution in [1.82, 2.24) is 10.6 Å². The Bertz CT molecular complexity index is 531. The van der Waals surface area contributed by atoms with Crippen LogP contribution in [0.3, 0.4) is 0 Å². The van der Waals surface area contributed by atoms with Gasteiger partial charge in [-0.25, -0.2) is 0 Å². The van der Waals surface area contributed by atoms with Crippen molar-refractivity contribution in [3.05, 3.63) is 35.9 Å². The number of hydrogen-bond acceptors (Lipinski definition) is 3. The first-order valence-corrected chi connectivity index (χ1v) is 9.77. The first-order chi connectivity index (χ1) is 12.6. The molecule has 0 amide bonds. The van der Waals surface area contributed by atoms with Gasteiger partial charge >= 0.3 is 0 Å². The molecule has 1 aliphatic heterocycles. The van der Waals surface area contributed by atoms with Gasteiger partial charge in [-0.15, -0.1) is 24.0 Å². The Kier molecular flexibility index (Phi) is 11.9. The Morgan fingerprint density at radius 1 is 1.19 bits per heavy atom. The van der Waals surface area contributed by atoms with Gasteiger partial charge in [0.1, 0.15) is 0 Å². The number of benzene rings is 1. The Balaban J connectivity index is 0.00000364. The van der Waals surface area contributed by atoms with E-state index < -0.39 is 0 Å². The summed E-state index contributed by atoms with van der Waals surface area (Å²) in [6, 6.07) is 10.6. The van der Waals surface area contributed by atoms with Gasteiger partial charge < -0.3 is 20.1 Å². The average Bonchev–Trinajstić information content (AvgIpc) is 2.68. The van der Waals surface area contributed by atoms with Crippen molar-refractivity contribution < 1.29 is 9.47 Å². The molecule has 1 aliphatic rings. The smallest absolute Gasteiger partial charge is 0.191 e. The normalized spacial score (nSPS) is 15.9. The van der Waals surface area contributed by atoms with Crippen molar-refractivity contribution in [3.63, 3.8) is 0 Å². The molecular formula is C21H36IN3O2. The van der Waals surface area contributed by atoms with Crippen molar-refractivity contribution >= 4 is 29.9 Å². The summed E-state index contributed by atoms with van der Waals surface area (Å²) < 4.78 is 11.2. The van der Waals surface area contributed by atoms with Gasteiger partial charge in [0, 0.05) is 52.0 Å². The summed E-state index contributed by atoms with van der Waals surface area (Å²) in [5.41, 5.74) is 1.37. The van der Waals surface area contributed by atoms with E-state index in [-0.39, 0.29) is 29.4 Å². The van der Waals surface area contributed by atoms with E-state index in [1.165, 1.54) is 5.56 Å². The molecule has 6 heteroatoms. The van der Waals surface area contributed by atoms with Crippen LogP contribution < -0.4 is 10.6 Å². The minimum Gasteiger partial charge on any atom is -0.381 e. The fraction of sp³-hybridized carbons (Fsp3) is 0.667. The molecule has 1 heterocycles.